The molecule has 1 amide bonds. The van der Waals surface area contributed by atoms with E-state index in [2.05, 4.69) is 10.1 Å². The standard InChI is InChI=1S/C25H32F4N4O3/c1-14(2)33-22(35-17-8-9-20(26)19(10-17)25(27,28)29)30-21(31-33)11-18-15-6-7-16(18)13-32(12-15)23(34)36-24(3,4)5/h8-10,14-16,18H,6-7,11-13H2,1-5H3/t15-,16+,18?. The molecule has 7 nitrogen and oxygen atoms in total. The summed E-state index contributed by atoms with van der Waals surface area (Å²) in [4.78, 5) is 18.8. The van der Waals surface area contributed by atoms with Crippen LogP contribution in [-0.4, -0.2) is 44.4 Å². The van der Waals surface area contributed by atoms with Crippen molar-refractivity contribution in [2.45, 2.75) is 71.7 Å². The third-order valence-corrected chi connectivity index (χ3v) is 6.68. The summed E-state index contributed by atoms with van der Waals surface area (Å²) in [7, 11) is 0. The molecular weight excluding hydrogens is 480 g/mol. The highest BCUT2D eigenvalue weighted by atomic mass is 19.4. The van der Waals surface area contributed by atoms with Crippen LogP contribution in [0, 0.1) is 23.6 Å². The lowest BCUT2D eigenvalue weighted by Gasteiger charge is -2.38. The van der Waals surface area contributed by atoms with Gasteiger partial charge in [-0.3, -0.25) is 0 Å². The molecule has 0 N–H and O–H groups in total. The van der Waals surface area contributed by atoms with Gasteiger partial charge in [-0.05, 0) is 83.4 Å². The number of carbonyl (C=O) groups excluding carboxylic acids is 1. The van der Waals surface area contributed by atoms with Crippen LogP contribution in [0.4, 0.5) is 22.4 Å². The summed E-state index contributed by atoms with van der Waals surface area (Å²) < 4.78 is 65.7. The van der Waals surface area contributed by atoms with Gasteiger partial charge < -0.3 is 14.4 Å². The van der Waals surface area contributed by atoms with Gasteiger partial charge in [-0.2, -0.15) is 23.3 Å². The molecule has 1 saturated carbocycles. The van der Waals surface area contributed by atoms with Gasteiger partial charge in [0.25, 0.3) is 0 Å². The SMILES string of the molecule is CC(C)n1nc(CC2[C@@H]3CC[C@H]2CN(C(=O)OC(C)(C)C)C3)nc1Oc1ccc(F)c(C(F)(F)F)c1. The Labute approximate surface area is 207 Å². The number of piperidine rings is 1. The Morgan fingerprint density at radius 3 is 2.33 bits per heavy atom. The molecule has 4 rings (SSSR count). The highest BCUT2D eigenvalue weighted by Gasteiger charge is 2.44. The summed E-state index contributed by atoms with van der Waals surface area (Å²) in [5, 5.41) is 4.57. The Morgan fingerprint density at radius 1 is 1.14 bits per heavy atom. The molecule has 3 atom stereocenters. The molecule has 198 valence electrons. The summed E-state index contributed by atoms with van der Waals surface area (Å²) in [5.74, 6) is -0.146. The minimum absolute atomic E-state index is 0.0540. The van der Waals surface area contributed by atoms with Gasteiger partial charge in [-0.15, -0.1) is 0 Å². The lowest BCUT2D eigenvalue weighted by Crippen LogP contribution is -2.47. The Bertz CT molecular complexity index is 1100. The van der Waals surface area contributed by atoms with Crippen molar-refractivity contribution in [3.8, 4) is 11.8 Å². The molecule has 11 heteroatoms. The second-order valence-electron chi connectivity index (χ2n) is 10.9. The molecule has 1 aliphatic heterocycles. The highest BCUT2D eigenvalue weighted by Crippen LogP contribution is 2.44. The van der Waals surface area contributed by atoms with E-state index in [4.69, 9.17) is 9.47 Å². The number of halogens is 4. The third-order valence-electron chi connectivity index (χ3n) is 6.68. The lowest BCUT2D eigenvalue weighted by molar-refractivity contribution is -0.140. The zero-order chi connectivity index (χ0) is 26.4. The van der Waals surface area contributed by atoms with Gasteiger partial charge in [-0.1, -0.05) is 0 Å². The summed E-state index contributed by atoms with van der Waals surface area (Å²) >= 11 is 0. The van der Waals surface area contributed by atoms with Crippen LogP contribution < -0.4 is 4.74 Å². The molecule has 1 unspecified atom stereocenters. The maximum atomic E-state index is 13.7. The van der Waals surface area contributed by atoms with Crippen molar-refractivity contribution in [2.75, 3.05) is 13.1 Å². The number of ether oxygens (including phenoxy) is 2. The molecule has 36 heavy (non-hydrogen) atoms. The molecule has 1 aliphatic carbocycles. The Morgan fingerprint density at radius 2 is 1.78 bits per heavy atom. The molecule has 1 aromatic heterocycles. The topological polar surface area (TPSA) is 69.5 Å². The van der Waals surface area contributed by atoms with Crippen LogP contribution in [0.2, 0.25) is 0 Å². The number of alkyl halides is 3. The number of carbonyl (C=O) groups is 1. The van der Waals surface area contributed by atoms with Gasteiger partial charge in [0.2, 0.25) is 0 Å². The van der Waals surface area contributed by atoms with Crippen molar-refractivity contribution >= 4 is 6.09 Å². The van der Waals surface area contributed by atoms with Crippen LogP contribution in [0.1, 0.15) is 64.9 Å². The van der Waals surface area contributed by atoms with Gasteiger partial charge in [0, 0.05) is 19.5 Å². The van der Waals surface area contributed by atoms with E-state index in [1.54, 1.807) is 4.90 Å². The van der Waals surface area contributed by atoms with E-state index in [-0.39, 0.29) is 41.6 Å². The Kier molecular flexibility index (Phi) is 6.96. The fraction of sp³-hybridized carbons (Fsp3) is 0.640. The number of nitrogens with zero attached hydrogens (tertiary/aromatic N) is 4. The number of fused-ring (bicyclic) bond motifs is 2. The largest absolute Gasteiger partial charge is 0.444 e. The van der Waals surface area contributed by atoms with Crippen LogP contribution in [0.25, 0.3) is 0 Å². The Hall–Kier alpha value is -2.85. The second-order valence-corrected chi connectivity index (χ2v) is 10.9. The number of likely N-dealkylation sites (tertiary alicyclic amines) is 1. The van der Waals surface area contributed by atoms with Crippen LogP contribution in [0.5, 0.6) is 11.8 Å². The molecule has 0 spiro atoms. The predicted molar refractivity (Wildman–Crippen MR) is 123 cm³/mol. The number of hydrogen-bond acceptors (Lipinski definition) is 5. The first-order chi connectivity index (χ1) is 16.7. The minimum atomic E-state index is -4.84. The zero-order valence-corrected chi connectivity index (χ0v) is 21.1. The number of aromatic nitrogens is 3. The second kappa shape index (κ2) is 9.55. The predicted octanol–water partition coefficient (Wildman–Crippen LogP) is 6.24. The maximum absolute atomic E-state index is 13.7. The van der Waals surface area contributed by atoms with Gasteiger partial charge >= 0.3 is 18.3 Å². The van der Waals surface area contributed by atoms with Crippen molar-refractivity contribution in [3.05, 3.63) is 35.4 Å². The molecule has 2 fully saturated rings. The fourth-order valence-electron chi connectivity index (χ4n) is 5.09. The van der Waals surface area contributed by atoms with E-state index in [0.29, 0.717) is 31.4 Å². The van der Waals surface area contributed by atoms with E-state index < -0.39 is 23.2 Å². The molecule has 2 bridgehead atoms. The molecule has 1 saturated heterocycles. The first-order valence-corrected chi connectivity index (χ1v) is 12.2. The Balaban J connectivity index is 1.49. The van der Waals surface area contributed by atoms with Gasteiger partial charge in [0.1, 0.15) is 17.2 Å². The number of hydrogen-bond donors (Lipinski definition) is 0. The highest BCUT2D eigenvalue weighted by molar-refractivity contribution is 5.68. The summed E-state index contributed by atoms with van der Waals surface area (Å²) in [6, 6.07) is 2.38. The average molecular weight is 513 g/mol. The molecule has 2 aromatic rings. The van der Waals surface area contributed by atoms with Crippen LogP contribution in [-0.2, 0) is 17.3 Å². The smallest absolute Gasteiger partial charge is 0.419 e. The normalized spacial score (nSPS) is 22.3. The number of rotatable bonds is 5. The van der Waals surface area contributed by atoms with E-state index in [9.17, 15) is 22.4 Å². The van der Waals surface area contributed by atoms with E-state index in [0.717, 1.165) is 25.0 Å². The number of amides is 1. The van der Waals surface area contributed by atoms with E-state index in [1.165, 1.54) is 4.68 Å². The monoisotopic (exact) mass is 512 g/mol. The van der Waals surface area contributed by atoms with E-state index >= 15 is 0 Å². The molecular formula is C25H32F4N4O3. The summed E-state index contributed by atoms with van der Waals surface area (Å²) in [5.41, 5.74) is -1.95. The summed E-state index contributed by atoms with van der Waals surface area (Å²) in [6.45, 7) is 10.5. The van der Waals surface area contributed by atoms with Crippen molar-refractivity contribution in [3.63, 3.8) is 0 Å². The van der Waals surface area contributed by atoms with Crippen molar-refractivity contribution in [1.82, 2.24) is 19.7 Å². The quantitative estimate of drug-likeness (QED) is 0.444. The average Bonchev–Trinajstić information content (AvgIpc) is 3.23. The van der Waals surface area contributed by atoms with Gasteiger partial charge in [0.05, 0.1) is 11.6 Å². The molecule has 0 radical (unpaired) electrons. The van der Waals surface area contributed by atoms with Crippen molar-refractivity contribution in [2.24, 2.45) is 17.8 Å². The van der Waals surface area contributed by atoms with Crippen LogP contribution in [0.15, 0.2) is 18.2 Å². The van der Waals surface area contributed by atoms with Crippen molar-refractivity contribution in [1.29, 1.82) is 0 Å². The molecule has 2 aliphatic rings. The fourth-order valence-corrected chi connectivity index (χ4v) is 5.09. The number of benzene rings is 1. The third kappa shape index (κ3) is 5.75. The van der Waals surface area contributed by atoms with Crippen molar-refractivity contribution < 1.29 is 31.8 Å². The van der Waals surface area contributed by atoms with Gasteiger partial charge in [0.15, 0.2) is 5.82 Å². The maximum Gasteiger partial charge on any atom is 0.419 e. The molecule has 2 heterocycles. The molecule has 1 aromatic carbocycles. The van der Waals surface area contributed by atoms with Gasteiger partial charge in [-0.25, -0.2) is 13.9 Å². The van der Waals surface area contributed by atoms with Crippen LogP contribution in [0.3, 0.4) is 0 Å². The minimum Gasteiger partial charge on any atom is -0.444 e. The lowest BCUT2D eigenvalue weighted by atomic mass is 9.82. The van der Waals surface area contributed by atoms with E-state index in [1.807, 2.05) is 34.6 Å². The first-order valence-electron chi connectivity index (χ1n) is 12.2. The summed E-state index contributed by atoms with van der Waals surface area (Å²) in [6.07, 6.45) is -2.57. The van der Waals surface area contributed by atoms with Crippen LogP contribution >= 0.6 is 0 Å². The first kappa shape index (κ1) is 26.2. The zero-order valence-electron chi connectivity index (χ0n) is 21.1.